The highest BCUT2D eigenvalue weighted by atomic mass is 35.5. The van der Waals surface area contributed by atoms with E-state index in [1.54, 1.807) is 6.20 Å². The van der Waals surface area contributed by atoms with Crippen LogP contribution in [0.1, 0.15) is 36.6 Å². The molecule has 2 nitrogen and oxygen atoms in total. The van der Waals surface area contributed by atoms with Crippen molar-refractivity contribution in [2.75, 3.05) is 0 Å². The smallest absolute Gasteiger partial charge is 0.144 e. The molecule has 0 spiro atoms. The Kier molecular flexibility index (Phi) is 2.90. The molecule has 1 aromatic heterocycles. The lowest BCUT2D eigenvalue weighted by atomic mass is 10.0. The maximum Gasteiger partial charge on any atom is 0.144 e. The zero-order valence-corrected chi connectivity index (χ0v) is 8.68. The first-order valence-electron chi connectivity index (χ1n) is 4.13. The highest BCUT2D eigenvalue weighted by Crippen LogP contribution is 2.27. The summed E-state index contributed by atoms with van der Waals surface area (Å²) in [5.74, 6) is 0.339. The minimum Gasteiger partial charge on any atom is -0.245 e. The summed E-state index contributed by atoms with van der Waals surface area (Å²) in [5, 5.41) is 9.37. The van der Waals surface area contributed by atoms with Crippen LogP contribution >= 0.6 is 11.6 Å². The molecule has 0 radical (unpaired) electrons. The Morgan fingerprint density at radius 1 is 1.54 bits per heavy atom. The molecular weight excluding hydrogens is 184 g/mol. The monoisotopic (exact) mass is 194 g/mol. The fourth-order valence-electron chi connectivity index (χ4n) is 1.12. The highest BCUT2D eigenvalue weighted by molar-refractivity contribution is 6.32. The van der Waals surface area contributed by atoms with Gasteiger partial charge in [0.1, 0.15) is 11.8 Å². The van der Waals surface area contributed by atoms with E-state index in [1.165, 1.54) is 0 Å². The standard InChI is InChI=1S/C10H11ClN2/c1-6(2)8-5-13-9(4-12)7(3)10(8)11/h5-6H,1-3H3. The van der Waals surface area contributed by atoms with Gasteiger partial charge in [0.05, 0.1) is 5.02 Å². The average Bonchev–Trinajstić information content (AvgIpc) is 2.09. The van der Waals surface area contributed by atoms with E-state index in [0.717, 1.165) is 11.1 Å². The number of nitriles is 1. The van der Waals surface area contributed by atoms with Crippen LogP contribution in [0.25, 0.3) is 0 Å². The van der Waals surface area contributed by atoms with Crippen LogP contribution in [0.5, 0.6) is 0 Å². The molecule has 0 saturated carbocycles. The first-order valence-corrected chi connectivity index (χ1v) is 4.50. The number of halogens is 1. The van der Waals surface area contributed by atoms with E-state index < -0.39 is 0 Å². The summed E-state index contributed by atoms with van der Waals surface area (Å²) in [6.07, 6.45) is 1.68. The van der Waals surface area contributed by atoms with Gasteiger partial charge in [-0.25, -0.2) is 4.98 Å². The van der Waals surface area contributed by atoms with Gasteiger partial charge in [-0.1, -0.05) is 25.4 Å². The molecule has 0 fully saturated rings. The molecule has 1 heterocycles. The van der Waals surface area contributed by atoms with Crippen LogP contribution in [0.2, 0.25) is 5.02 Å². The van der Waals surface area contributed by atoms with E-state index in [0.29, 0.717) is 16.6 Å². The fourth-order valence-corrected chi connectivity index (χ4v) is 1.48. The van der Waals surface area contributed by atoms with Crippen molar-refractivity contribution in [1.82, 2.24) is 4.98 Å². The summed E-state index contributed by atoms with van der Waals surface area (Å²) in [7, 11) is 0. The molecule has 13 heavy (non-hydrogen) atoms. The summed E-state index contributed by atoms with van der Waals surface area (Å²) in [5.41, 5.74) is 2.18. The van der Waals surface area contributed by atoms with Gasteiger partial charge in [-0.3, -0.25) is 0 Å². The second-order valence-electron chi connectivity index (χ2n) is 3.27. The van der Waals surface area contributed by atoms with E-state index >= 15 is 0 Å². The van der Waals surface area contributed by atoms with Gasteiger partial charge in [-0.15, -0.1) is 0 Å². The van der Waals surface area contributed by atoms with Gasteiger partial charge in [-0.05, 0) is 18.4 Å². The molecule has 0 aliphatic rings. The summed E-state index contributed by atoms with van der Waals surface area (Å²) >= 11 is 6.08. The van der Waals surface area contributed by atoms with Crippen molar-refractivity contribution >= 4 is 11.6 Å². The lowest BCUT2D eigenvalue weighted by Gasteiger charge is -2.09. The lowest BCUT2D eigenvalue weighted by Crippen LogP contribution is -1.96. The van der Waals surface area contributed by atoms with Gasteiger partial charge in [0.2, 0.25) is 0 Å². The van der Waals surface area contributed by atoms with Crippen molar-refractivity contribution in [2.24, 2.45) is 0 Å². The Hall–Kier alpha value is -1.07. The van der Waals surface area contributed by atoms with E-state index in [-0.39, 0.29) is 0 Å². The number of hydrogen-bond donors (Lipinski definition) is 0. The molecule has 3 heteroatoms. The van der Waals surface area contributed by atoms with Crippen molar-refractivity contribution in [3.63, 3.8) is 0 Å². The van der Waals surface area contributed by atoms with Crippen LogP contribution in [-0.4, -0.2) is 4.98 Å². The molecule has 0 saturated heterocycles. The molecule has 0 aliphatic carbocycles. The molecule has 0 unspecified atom stereocenters. The number of pyridine rings is 1. The van der Waals surface area contributed by atoms with Gasteiger partial charge in [0, 0.05) is 11.8 Å². The number of aromatic nitrogens is 1. The third-order valence-corrected chi connectivity index (χ3v) is 2.50. The molecule has 68 valence electrons. The van der Waals surface area contributed by atoms with Crippen LogP contribution in [-0.2, 0) is 0 Å². The quantitative estimate of drug-likeness (QED) is 0.689. The van der Waals surface area contributed by atoms with Crippen LogP contribution in [0.4, 0.5) is 0 Å². The first kappa shape index (κ1) is 10.0. The SMILES string of the molecule is Cc1c(C#N)ncc(C(C)C)c1Cl. The minimum absolute atomic E-state index is 0.339. The number of nitrogens with zero attached hydrogens (tertiary/aromatic N) is 2. The minimum atomic E-state index is 0.339. The maximum absolute atomic E-state index is 8.70. The predicted octanol–water partition coefficient (Wildman–Crippen LogP) is 3.04. The van der Waals surface area contributed by atoms with Crippen molar-refractivity contribution in [3.05, 3.63) is 28.0 Å². The summed E-state index contributed by atoms with van der Waals surface area (Å²) in [4.78, 5) is 4.03. The molecule has 0 amide bonds. The predicted molar refractivity (Wildman–Crippen MR) is 52.8 cm³/mol. The maximum atomic E-state index is 8.70. The second-order valence-corrected chi connectivity index (χ2v) is 3.65. The molecular formula is C10H11ClN2. The Labute approximate surface area is 83.2 Å². The van der Waals surface area contributed by atoms with E-state index in [1.807, 2.05) is 26.8 Å². The van der Waals surface area contributed by atoms with E-state index in [4.69, 9.17) is 16.9 Å². The third kappa shape index (κ3) is 1.81. The van der Waals surface area contributed by atoms with Crippen molar-refractivity contribution in [3.8, 4) is 6.07 Å². The van der Waals surface area contributed by atoms with Gasteiger partial charge < -0.3 is 0 Å². The van der Waals surface area contributed by atoms with Crippen molar-refractivity contribution in [2.45, 2.75) is 26.7 Å². The molecule has 0 aliphatic heterocycles. The van der Waals surface area contributed by atoms with Crippen LogP contribution in [0.3, 0.4) is 0 Å². The normalized spacial score (nSPS) is 10.2. The van der Waals surface area contributed by atoms with Crippen molar-refractivity contribution < 1.29 is 0 Å². The summed E-state index contributed by atoms with van der Waals surface area (Å²) in [6, 6.07) is 2.01. The highest BCUT2D eigenvalue weighted by Gasteiger charge is 2.11. The Morgan fingerprint density at radius 2 is 2.15 bits per heavy atom. The van der Waals surface area contributed by atoms with E-state index in [9.17, 15) is 0 Å². The molecule has 0 bridgehead atoms. The first-order chi connectivity index (χ1) is 6.07. The van der Waals surface area contributed by atoms with Gasteiger partial charge in [-0.2, -0.15) is 5.26 Å². The van der Waals surface area contributed by atoms with Crippen LogP contribution in [0, 0.1) is 18.3 Å². The van der Waals surface area contributed by atoms with Gasteiger partial charge in [0.15, 0.2) is 0 Å². The lowest BCUT2D eigenvalue weighted by molar-refractivity contribution is 0.854. The number of rotatable bonds is 1. The molecule has 0 N–H and O–H groups in total. The molecule has 0 atom stereocenters. The molecule has 0 aromatic carbocycles. The zero-order valence-electron chi connectivity index (χ0n) is 7.93. The Bertz CT molecular complexity index is 364. The summed E-state index contributed by atoms with van der Waals surface area (Å²) in [6.45, 7) is 5.92. The third-order valence-electron chi connectivity index (χ3n) is 2.00. The Balaban J connectivity index is 3.33. The summed E-state index contributed by atoms with van der Waals surface area (Å²) < 4.78 is 0. The van der Waals surface area contributed by atoms with Crippen molar-refractivity contribution in [1.29, 1.82) is 5.26 Å². The topological polar surface area (TPSA) is 36.7 Å². The van der Waals surface area contributed by atoms with Gasteiger partial charge in [0.25, 0.3) is 0 Å². The average molecular weight is 195 g/mol. The largest absolute Gasteiger partial charge is 0.245 e. The van der Waals surface area contributed by atoms with Gasteiger partial charge >= 0.3 is 0 Å². The zero-order chi connectivity index (χ0) is 10.0. The molecule has 1 rings (SSSR count). The van der Waals surface area contributed by atoms with Crippen LogP contribution < -0.4 is 0 Å². The van der Waals surface area contributed by atoms with Crippen LogP contribution in [0.15, 0.2) is 6.20 Å². The Morgan fingerprint density at radius 3 is 2.62 bits per heavy atom. The second kappa shape index (κ2) is 3.76. The number of hydrogen-bond acceptors (Lipinski definition) is 2. The fraction of sp³-hybridized carbons (Fsp3) is 0.400. The van der Waals surface area contributed by atoms with E-state index in [2.05, 4.69) is 4.98 Å². The molecule has 1 aromatic rings.